The number of hydroxylamine groups is 2. The van der Waals surface area contributed by atoms with Crippen molar-refractivity contribution in [2.45, 2.75) is 45.1 Å². The van der Waals surface area contributed by atoms with Crippen molar-refractivity contribution in [3.63, 3.8) is 0 Å². The van der Waals surface area contributed by atoms with Gasteiger partial charge in [-0.25, -0.2) is 9.63 Å². The SMILES string of the molecule is CC(C)(C)OC(=O)N1OC(O)C[C@H]1c1csc(C#N)c1. The number of carbonyl (C=O) groups excluding carboxylic acids is 1. The molecule has 0 bridgehead atoms. The van der Waals surface area contributed by atoms with Crippen LogP contribution >= 0.6 is 11.3 Å². The number of nitriles is 1. The normalized spacial score (nSPS) is 22.6. The van der Waals surface area contributed by atoms with E-state index in [1.54, 1.807) is 32.2 Å². The van der Waals surface area contributed by atoms with Crippen molar-refractivity contribution in [1.29, 1.82) is 5.26 Å². The van der Waals surface area contributed by atoms with Crippen LogP contribution in [-0.2, 0) is 9.57 Å². The van der Waals surface area contributed by atoms with Crippen molar-refractivity contribution in [2.75, 3.05) is 0 Å². The third-order valence-electron chi connectivity index (χ3n) is 2.63. The fourth-order valence-corrected chi connectivity index (χ4v) is 2.61. The molecule has 2 heterocycles. The standard InChI is InChI=1S/C13H16N2O4S/c1-13(2,3)18-12(17)15-10(5-11(16)19-15)8-4-9(6-14)20-7-8/h4,7,10-11,16H,5H2,1-3H3/t10-,11?/m0/s1. The van der Waals surface area contributed by atoms with Gasteiger partial charge in [-0.05, 0) is 37.8 Å². The van der Waals surface area contributed by atoms with Crippen LogP contribution in [0.5, 0.6) is 0 Å². The maximum absolute atomic E-state index is 12.1. The lowest BCUT2D eigenvalue weighted by atomic mass is 10.1. The lowest BCUT2D eigenvalue weighted by molar-refractivity contribution is -0.207. The second-order valence-corrected chi connectivity index (χ2v) is 6.39. The van der Waals surface area contributed by atoms with Crippen molar-refractivity contribution in [3.05, 3.63) is 21.9 Å². The van der Waals surface area contributed by atoms with E-state index in [9.17, 15) is 9.90 Å². The Kier molecular flexibility index (Phi) is 3.99. The highest BCUT2D eigenvalue weighted by atomic mass is 32.1. The largest absolute Gasteiger partial charge is 0.442 e. The maximum Gasteiger partial charge on any atom is 0.435 e. The highest BCUT2D eigenvalue weighted by Crippen LogP contribution is 2.36. The van der Waals surface area contributed by atoms with Gasteiger partial charge in [0.2, 0.25) is 0 Å². The molecule has 0 saturated carbocycles. The summed E-state index contributed by atoms with van der Waals surface area (Å²) in [4.78, 5) is 17.7. The van der Waals surface area contributed by atoms with Gasteiger partial charge in [-0.1, -0.05) is 0 Å². The average Bonchev–Trinajstić information content (AvgIpc) is 2.92. The molecule has 1 aliphatic rings. The van der Waals surface area contributed by atoms with E-state index in [-0.39, 0.29) is 6.42 Å². The Labute approximate surface area is 121 Å². The van der Waals surface area contributed by atoms with E-state index >= 15 is 0 Å². The van der Waals surface area contributed by atoms with Crippen molar-refractivity contribution >= 4 is 17.4 Å². The summed E-state index contributed by atoms with van der Waals surface area (Å²) in [5, 5.41) is 21.3. The van der Waals surface area contributed by atoms with Crippen LogP contribution in [0.3, 0.4) is 0 Å². The molecule has 20 heavy (non-hydrogen) atoms. The number of nitrogens with zero attached hydrogens (tertiary/aromatic N) is 2. The molecule has 1 aromatic rings. The topological polar surface area (TPSA) is 82.8 Å². The van der Waals surface area contributed by atoms with Gasteiger partial charge in [-0.2, -0.15) is 10.3 Å². The van der Waals surface area contributed by atoms with Gasteiger partial charge in [0.25, 0.3) is 0 Å². The zero-order valence-corrected chi connectivity index (χ0v) is 12.3. The minimum Gasteiger partial charge on any atom is -0.442 e. The van der Waals surface area contributed by atoms with Gasteiger partial charge in [0.05, 0.1) is 6.04 Å². The Morgan fingerprint density at radius 1 is 1.65 bits per heavy atom. The average molecular weight is 296 g/mol. The Morgan fingerprint density at radius 2 is 2.35 bits per heavy atom. The van der Waals surface area contributed by atoms with Crippen molar-refractivity contribution in [1.82, 2.24) is 5.06 Å². The third kappa shape index (κ3) is 3.28. The fourth-order valence-electron chi connectivity index (χ4n) is 1.87. The summed E-state index contributed by atoms with van der Waals surface area (Å²) in [6.07, 6.45) is -1.46. The number of carbonyl (C=O) groups is 1. The molecule has 1 aliphatic heterocycles. The number of thiophene rings is 1. The Balaban J connectivity index is 2.18. The maximum atomic E-state index is 12.1. The monoisotopic (exact) mass is 296 g/mol. The van der Waals surface area contributed by atoms with Crippen LogP contribution in [0.15, 0.2) is 11.4 Å². The number of rotatable bonds is 1. The number of ether oxygens (including phenoxy) is 1. The molecule has 1 aromatic heterocycles. The first-order valence-electron chi connectivity index (χ1n) is 6.16. The van der Waals surface area contributed by atoms with E-state index < -0.39 is 24.0 Å². The molecular weight excluding hydrogens is 280 g/mol. The Morgan fingerprint density at radius 3 is 2.90 bits per heavy atom. The van der Waals surface area contributed by atoms with Gasteiger partial charge < -0.3 is 9.84 Å². The second kappa shape index (κ2) is 5.40. The van der Waals surface area contributed by atoms with Gasteiger partial charge >= 0.3 is 6.09 Å². The molecule has 1 fully saturated rings. The van der Waals surface area contributed by atoms with Gasteiger partial charge in [-0.15, -0.1) is 11.3 Å². The third-order valence-corrected chi connectivity index (χ3v) is 3.48. The molecule has 0 aliphatic carbocycles. The van der Waals surface area contributed by atoms with Crippen LogP contribution in [0.4, 0.5) is 4.79 Å². The Bertz CT molecular complexity index is 543. The van der Waals surface area contributed by atoms with Crippen LogP contribution in [-0.4, -0.2) is 28.2 Å². The molecule has 0 aromatic carbocycles. The quantitative estimate of drug-likeness (QED) is 0.861. The number of aliphatic hydroxyl groups is 1. The lowest BCUT2D eigenvalue weighted by Gasteiger charge is -2.26. The van der Waals surface area contributed by atoms with E-state index in [2.05, 4.69) is 0 Å². The van der Waals surface area contributed by atoms with E-state index in [0.29, 0.717) is 4.88 Å². The summed E-state index contributed by atoms with van der Waals surface area (Å²) in [5.41, 5.74) is 0.110. The molecule has 108 valence electrons. The van der Waals surface area contributed by atoms with Crippen LogP contribution in [0, 0.1) is 11.3 Å². The summed E-state index contributed by atoms with van der Waals surface area (Å²) in [6, 6.07) is 3.29. The van der Waals surface area contributed by atoms with Gasteiger partial charge in [0.1, 0.15) is 16.5 Å². The number of aliphatic hydroxyl groups excluding tert-OH is 1. The summed E-state index contributed by atoms with van der Waals surface area (Å²) in [5.74, 6) is 0. The number of amides is 1. The van der Waals surface area contributed by atoms with Gasteiger partial charge in [-0.3, -0.25) is 0 Å². The van der Waals surface area contributed by atoms with E-state index in [0.717, 1.165) is 10.6 Å². The molecule has 0 spiro atoms. The molecule has 1 saturated heterocycles. The summed E-state index contributed by atoms with van der Waals surface area (Å²) < 4.78 is 5.24. The first kappa shape index (κ1) is 14.8. The first-order valence-corrected chi connectivity index (χ1v) is 7.03. The van der Waals surface area contributed by atoms with E-state index in [4.69, 9.17) is 14.8 Å². The highest BCUT2D eigenvalue weighted by Gasteiger charge is 2.39. The molecule has 2 atom stereocenters. The van der Waals surface area contributed by atoms with Crippen LogP contribution in [0.25, 0.3) is 0 Å². The fraction of sp³-hybridized carbons (Fsp3) is 0.538. The Hall–Kier alpha value is -1.62. The highest BCUT2D eigenvalue weighted by molar-refractivity contribution is 7.10. The van der Waals surface area contributed by atoms with Crippen LogP contribution in [0.2, 0.25) is 0 Å². The molecule has 1 amide bonds. The smallest absolute Gasteiger partial charge is 0.435 e. The molecule has 7 heteroatoms. The lowest BCUT2D eigenvalue weighted by Crippen LogP contribution is -2.36. The van der Waals surface area contributed by atoms with Crippen molar-refractivity contribution in [2.24, 2.45) is 0 Å². The molecule has 0 radical (unpaired) electrons. The molecular formula is C13H16N2O4S. The first-order chi connectivity index (χ1) is 9.30. The van der Waals surface area contributed by atoms with Crippen LogP contribution in [0.1, 0.15) is 43.7 Å². The van der Waals surface area contributed by atoms with Crippen LogP contribution < -0.4 is 0 Å². The summed E-state index contributed by atoms with van der Waals surface area (Å²) >= 11 is 1.29. The number of hydrogen-bond acceptors (Lipinski definition) is 6. The van der Waals surface area contributed by atoms with Gasteiger partial charge in [0, 0.05) is 6.42 Å². The minimum atomic E-state index is -1.06. The molecule has 2 rings (SSSR count). The van der Waals surface area contributed by atoms with E-state index in [1.165, 1.54) is 11.3 Å². The molecule has 6 nitrogen and oxygen atoms in total. The van der Waals surface area contributed by atoms with Gasteiger partial charge in [0.15, 0.2) is 6.29 Å². The zero-order chi connectivity index (χ0) is 14.9. The minimum absolute atomic E-state index is 0.251. The molecule has 1 N–H and O–H groups in total. The zero-order valence-electron chi connectivity index (χ0n) is 11.5. The predicted molar refractivity (Wildman–Crippen MR) is 71.6 cm³/mol. The second-order valence-electron chi connectivity index (χ2n) is 5.47. The molecule has 1 unspecified atom stereocenters. The summed E-state index contributed by atoms with van der Waals surface area (Å²) in [7, 11) is 0. The predicted octanol–water partition coefficient (Wildman–Crippen LogP) is 2.55. The van der Waals surface area contributed by atoms with E-state index in [1.807, 2.05) is 6.07 Å². The number of hydrogen-bond donors (Lipinski definition) is 1. The van der Waals surface area contributed by atoms with Crippen molar-refractivity contribution < 1.29 is 19.5 Å². The van der Waals surface area contributed by atoms with Crippen molar-refractivity contribution in [3.8, 4) is 6.07 Å². The summed E-state index contributed by atoms with van der Waals surface area (Å²) in [6.45, 7) is 5.26.